The summed E-state index contributed by atoms with van der Waals surface area (Å²) < 4.78 is 0. The fourth-order valence-corrected chi connectivity index (χ4v) is 3.50. The van der Waals surface area contributed by atoms with Crippen LogP contribution in [-0.4, -0.2) is 23.5 Å². The molecule has 0 atom stereocenters. The average Bonchev–Trinajstić information content (AvgIpc) is 2.50. The van der Waals surface area contributed by atoms with E-state index in [0.717, 1.165) is 29.9 Å². The molecule has 0 radical (unpaired) electrons. The van der Waals surface area contributed by atoms with Crippen LogP contribution in [0, 0.1) is 6.92 Å². The maximum atomic E-state index is 12.3. The standard InChI is InChI=1S/C15H21N3O/c1-11-6-9-16-14-13(11)17-12(19)10-15(18(14)2)7-4-3-5-8-15/h6,9H,3-5,7-8,10H2,1-2H3,(H,17,19). The predicted molar refractivity (Wildman–Crippen MR) is 76.4 cm³/mol. The number of hydrogen-bond donors (Lipinski definition) is 1. The molecule has 1 fully saturated rings. The Bertz CT molecular complexity index is 506. The zero-order valence-electron chi connectivity index (χ0n) is 11.7. The Kier molecular flexibility index (Phi) is 2.96. The molecular formula is C15H21N3O. The third kappa shape index (κ3) is 1.99. The summed E-state index contributed by atoms with van der Waals surface area (Å²) in [5, 5.41) is 3.05. The van der Waals surface area contributed by atoms with Gasteiger partial charge in [-0.3, -0.25) is 4.79 Å². The Balaban J connectivity index is 2.09. The fraction of sp³-hybridized carbons (Fsp3) is 0.600. The summed E-state index contributed by atoms with van der Waals surface area (Å²) >= 11 is 0. The van der Waals surface area contributed by atoms with Gasteiger partial charge in [-0.2, -0.15) is 0 Å². The molecule has 0 bridgehead atoms. The lowest BCUT2D eigenvalue weighted by molar-refractivity contribution is -0.117. The van der Waals surface area contributed by atoms with Gasteiger partial charge in [0.1, 0.15) is 0 Å². The number of pyridine rings is 1. The van der Waals surface area contributed by atoms with Gasteiger partial charge < -0.3 is 10.2 Å². The third-order valence-corrected chi connectivity index (χ3v) is 4.71. The molecule has 3 rings (SSSR count). The number of carbonyl (C=O) groups excluding carboxylic acids is 1. The molecule has 1 amide bonds. The van der Waals surface area contributed by atoms with Crippen LogP contribution in [0.2, 0.25) is 0 Å². The van der Waals surface area contributed by atoms with Crippen molar-refractivity contribution >= 4 is 17.4 Å². The first kappa shape index (κ1) is 12.5. The van der Waals surface area contributed by atoms with E-state index < -0.39 is 0 Å². The molecular weight excluding hydrogens is 238 g/mol. The maximum Gasteiger partial charge on any atom is 0.226 e. The van der Waals surface area contributed by atoms with Gasteiger partial charge in [0, 0.05) is 13.2 Å². The maximum absolute atomic E-state index is 12.3. The smallest absolute Gasteiger partial charge is 0.226 e. The first-order valence-electron chi connectivity index (χ1n) is 7.12. The quantitative estimate of drug-likeness (QED) is 0.779. The van der Waals surface area contributed by atoms with Crippen LogP contribution < -0.4 is 10.2 Å². The van der Waals surface area contributed by atoms with Crippen molar-refractivity contribution in [3.63, 3.8) is 0 Å². The van der Waals surface area contributed by atoms with Gasteiger partial charge in [-0.1, -0.05) is 19.3 Å². The summed E-state index contributed by atoms with van der Waals surface area (Å²) in [6.07, 6.45) is 8.29. The van der Waals surface area contributed by atoms with E-state index in [1.54, 1.807) is 0 Å². The van der Waals surface area contributed by atoms with Crippen LogP contribution >= 0.6 is 0 Å². The number of hydrogen-bond acceptors (Lipinski definition) is 3. The topological polar surface area (TPSA) is 45.2 Å². The zero-order valence-corrected chi connectivity index (χ0v) is 11.7. The monoisotopic (exact) mass is 259 g/mol. The highest BCUT2D eigenvalue weighted by Gasteiger charge is 2.41. The molecule has 4 heteroatoms. The van der Waals surface area contributed by atoms with Crippen LogP contribution in [-0.2, 0) is 4.79 Å². The second kappa shape index (κ2) is 4.51. The van der Waals surface area contributed by atoms with Crippen molar-refractivity contribution < 1.29 is 4.79 Å². The normalized spacial score (nSPS) is 21.8. The Morgan fingerprint density at radius 3 is 2.79 bits per heavy atom. The predicted octanol–water partition coefficient (Wildman–Crippen LogP) is 2.87. The second-order valence-corrected chi connectivity index (χ2v) is 5.90. The van der Waals surface area contributed by atoms with Gasteiger partial charge in [0.2, 0.25) is 5.91 Å². The minimum Gasteiger partial charge on any atom is -0.352 e. The van der Waals surface area contributed by atoms with Crippen LogP contribution in [0.25, 0.3) is 0 Å². The van der Waals surface area contributed by atoms with E-state index in [0.29, 0.717) is 6.42 Å². The SMILES string of the molecule is Cc1ccnc2c1NC(=O)CC1(CCCCC1)N2C. The van der Waals surface area contributed by atoms with Gasteiger partial charge >= 0.3 is 0 Å². The van der Waals surface area contributed by atoms with Crippen molar-refractivity contribution in [2.45, 2.75) is 51.0 Å². The Labute approximate surface area is 114 Å². The molecule has 1 aliphatic heterocycles. The minimum atomic E-state index is -0.0334. The van der Waals surface area contributed by atoms with E-state index >= 15 is 0 Å². The van der Waals surface area contributed by atoms with Crippen molar-refractivity contribution in [3.8, 4) is 0 Å². The average molecular weight is 259 g/mol. The lowest BCUT2D eigenvalue weighted by Crippen LogP contribution is -2.49. The molecule has 19 heavy (non-hydrogen) atoms. The lowest BCUT2D eigenvalue weighted by Gasteiger charge is -2.44. The number of rotatable bonds is 0. The zero-order chi connectivity index (χ0) is 13.5. The molecule has 0 unspecified atom stereocenters. The van der Waals surface area contributed by atoms with E-state index in [1.807, 2.05) is 19.2 Å². The van der Waals surface area contributed by atoms with E-state index in [-0.39, 0.29) is 11.4 Å². The lowest BCUT2D eigenvalue weighted by atomic mass is 9.78. The summed E-state index contributed by atoms with van der Waals surface area (Å²) in [7, 11) is 2.09. The molecule has 1 aliphatic carbocycles. The number of fused-ring (bicyclic) bond motifs is 1. The molecule has 0 aromatic carbocycles. The van der Waals surface area contributed by atoms with Gasteiger partial charge in [0.25, 0.3) is 0 Å². The number of nitrogens with zero attached hydrogens (tertiary/aromatic N) is 2. The highest BCUT2D eigenvalue weighted by atomic mass is 16.1. The van der Waals surface area contributed by atoms with Gasteiger partial charge in [0.05, 0.1) is 17.6 Å². The summed E-state index contributed by atoms with van der Waals surface area (Å²) in [6, 6.07) is 1.95. The molecule has 1 spiro atoms. The first-order valence-corrected chi connectivity index (χ1v) is 7.12. The van der Waals surface area contributed by atoms with Crippen LogP contribution in [0.15, 0.2) is 12.3 Å². The Morgan fingerprint density at radius 1 is 1.32 bits per heavy atom. The summed E-state index contributed by atoms with van der Waals surface area (Å²) in [6.45, 7) is 2.02. The third-order valence-electron chi connectivity index (χ3n) is 4.71. The van der Waals surface area contributed by atoms with Crippen molar-refractivity contribution in [3.05, 3.63) is 17.8 Å². The highest BCUT2D eigenvalue weighted by molar-refractivity contribution is 5.97. The van der Waals surface area contributed by atoms with Gasteiger partial charge in [-0.25, -0.2) is 4.98 Å². The van der Waals surface area contributed by atoms with Crippen LogP contribution in [0.1, 0.15) is 44.1 Å². The number of carbonyl (C=O) groups is 1. The minimum absolute atomic E-state index is 0.0334. The van der Waals surface area contributed by atoms with Crippen molar-refractivity contribution in [2.24, 2.45) is 0 Å². The molecule has 102 valence electrons. The number of aromatic nitrogens is 1. The fourth-order valence-electron chi connectivity index (χ4n) is 3.50. The van der Waals surface area contributed by atoms with Crippen LogP contribution in [0.5, 0.6) is 0 Å². The highest BCUT2D eigenvalue weighted by Crippen LogP contribution is 2.42. The molecule has 1 saturated carbocycles. The molecule has 2 aliphatic rings. The summed E-state index contributed by atoms with van der Waals surface area (Å²) in [5.41, 5.74) is 1.93. The number of nitrogens with one attached hydrogen (secondary N) is 1. The summed E-state index contributed by atoms with van der Waals surface area (Å²) in [4.78, 5) is 19.0. The van der Waals surface area contributed by atoms with E-state index in [4.69, 9.17) is 0 Å². The van der Waals surface area contributed by atoms with Gasteiger partial charge in [0.15, 0.2) is 5.82 Å². The molecule has 4 nitrogen and oxygen atoms in total. The summed E-state index contributed by atoms with van der Waals surface area (Å²) in [5.74, 6) is 1.05. The molecule has 1 aromatic heterocycles. The number of amides is 1. The Morgan fingerprint density at radius 2 is 2.05 bits per heavy atom. The van der Waals surface area contributed by atoms with Crippen LogP contribution in [0.4, 0.5) is 11.5 Å². The number of aryl methyl sites for hydroxylation is 1. The van der Waals surface area contributed by atoms with Crippen molar-refractivity contribution in [2.75, 3.05) is 17.3 Å². The van der Waals surface area contributed by atoms with Crippen molar-refractivity contribution in [1.82, 2.24) is 4.98 Å². The molecule has 1 aromatic rings. The van der Waals surface area contributed by atoms with Crippen molar-refractivity contribution in [1.29, 1.82) is 0 Å². The van der Waals surface area contributed by atoms with Gasteiger partial charge in [-0.15, -0.1) is 0 Å². The van der Waals surface area contributed by atoms with E-state index in [2.05, 4.69) is 22.2 Å². The molecule has 1 N–H and O–H groups in total. The van der Waals surface area contributed by atoms with E-state index in [1.165, 1.54) is 19.3 Å². The first-order chi connectivity index (χ1) is 9.12. The number of anilines is 2. The second-order valence-electron chi connectivity index (χ2n) is 5.90. The largest absolute Gasteiger partial charge is 0.352 e. The Hall–Kier alpha value is -1.58. The molecule has 2 heterocycles. The van der Waals surface area contributed by atoms with Crippen LogP contribution in [0.3, 0.4) is 0 Å². The van der Waals surface area contributed by atoms with E-state index in [9.17, 15) is 4.79 Å². The van der Waals surface area contributed by atoms with Gasteiger partial charge in [-0.05, 0) is 31.4 Å². The molecule has 0 saturated heterocycles.